The molecule has 0 aliphatic heterocycles. The highest BCUT2D eigenvalue weighted by Crippen LogP contribution is 2.15. The predicted molar refractivity (Wildman–Crippen MR) is 92.0 cm³/mol. The van der Waals surface area contributed by atoms with Crippen molar-refractivity contribution in [3.05, 3.63) is 24.3 Å². The maximum atomic E-state index is 11.8. The largest absolute Gasteiger partial charge is 0.508 e. The molecule has 0 saturated heterocycles. The van der Waals surface area contributed by atoms with Gasteiger partial charge in [-0.25, -0.2) is 4.79 Å². The first-order valence-electron chi connectivity index (χ1n) is 8.32. The Hall–Kier alpha value is -1.95. The molecule has 130 valence electrons. The zero-order valence-electron chi connectivity index (χ0n) is 14.2. The van der Waals surface area contributed by atoms with Gasteiger partial charge in [-0.1, -0.05) is 6.92 Å². The van der Waals surface area contributed by atoms with Gasteiger partial charge >= 0.3 is 6.03 Å². The van der Waals surface area contributed by atoms with Crippen molar-refractivity contribution in [2.75, 3.05) is 39.3 Å². The van der Waals surface area contributed by atoms with Crippen molar-refractivity contribution in [2.24, 2.45) is 0 Å². The third kappa shape index (κ3) is 8.30. The topological polar surface area (TPSA) is 73.8 Å². The lowest BCUT2D eigenvalue weighted by molar-refractivity contribution is 0.200. The Morgan fingerprint density at radius 3 is 2.57 bits per heavy atom. The Balaban J connectivity index is 1.99. The van der Waals surface area contributed by atoms with Crippen LogP contribution >= 0.6 is 0 Å². The number of nitrogens with zero attached hydrogens (tertiary/aromatic N) is 1. The number of benzene rings is 1. The summed E-state index contributed by atoms with van der Waals surface area (Å²) in [5.74, 6) is 0.993. The number of phenolic OH excluding ortho intramolecular Hbond substituents is 1. The minimum Gasteiger partial charge on any atom is -0.508 e. The summed E-state index contributed by atoms with van der Waals surface area (Å²) in [6.45, 7) is 8.41. The lowest BCUT2D eigenvalue weighted by Gasteiger charge is -2.20. The second kappa shape index (κ2) is 11.6. The van der Waals surface area contributed by atoms with Crippen molar-refractivity contribution < 1.29 is 14.6 Å². The SMILES string of the molecule is CCCN(CC)C(=O)NCCNCCCOc1ccc(O)cc1. The average molecular weight is 323 g/mol. The van der Waals surface area contributed by atoms with Gasteiger partial charge in [0.25, 0.3) is 0 Å². The van der Waals surface area contributed by atoms with E-state index in [2.05, 4.69) is 17.6 Å². The fourth-order valence-corrected chi connectivity index (χ4v) is 2.10. The fraction of sp³-hybridized carbons (Fsp3) is 0.588. The predicted octanol–water partition coefficient (Wildman–Crippen LogP) is 2.19. The van der Waals surface area contributed by atoms with Crippen LogP contribution in [0, 0.1) is 0 Å². The van der Waals surface area contributed by atoms with Crippen molar-refractivity contribution >= 4 is 6.03 Å². The number of urea groups is 1. The molecule has 0 saturated carbocycles. The van der Waals surface area contributed by atoms with E-state index >= 15 is 0 Å². The van der Waals surface area contributed by atoms with Gasteiger partial charge in [0.2, 0.25) is 0 Å². The molecule has 0 radical (unpaired) electrons. The monoisotopic (exact) mass is 323 g/mol. The van der Waals surface area contributed by atoms with E-state index in [0.717, 1.165) is 44.8 Å². The molecule has 6 nitrogen and oxygen atoms in total. The normalized spacial score (nSPS) is 10.3. The summed E-state index contributed by atoms with van der Waals surface area (Å²) in [6.07, 6.45) is 1.85. The maximum Gasteiger partial charge on any atom is 0.317 e. The molecule has 1 rings (SSSR count). The van der Waals surface area contributed by atoms with Gasteiger partial charge in [-0.2, -0.15) is 0 Å². The lowest BCUT2D eigenvalue weighted by atomic mass is 10.3. The van der Waals surface area contributed by atoms with Crippen LogP contribution in [0.2, 0.25) is 0 Å². The highest BCUT2D eigenvalue weighted by atomic mass is 16.5. The molecule has 0 atom stereocenters. The summed E-state index contributed by atoms with van der Waals surface area (Å²) in [5.41, 5.74) is 0. The van der Waals surface area contributed by atoms with Gasteiger partial charge in [0.05, 0.1) is 6.61 Å². The van der Waals surface area contributed by atoms with Crippen LogP contribution in [0.1, 0.15) is 26.7 Å². The second-order valence-electron chi connectivity index (χ2n) is 5.26. The van der Waals surface area contributed by atoms with E-state index in [0.29, 0.717) is 13.2 Å². The van der Waals surface area contributed by atoms with Gasteiger partial charge in [-0.05, 0) is 50.6 Å². The van der Waals surface area contributed by atoms with Crippen molar-refractivity contribution in [1.29, 1.82) is 0 Å². The van der Waals surface area contributed by atoms with Crippen molar-refractivity contribution in [3.63, 3.8) is 0 Å². The Morgan fingerprint density at radius 2 is 1.91 bits per heavy atom. The summed E-state index contributed by atoms with van der Waals surface area (Å²) in [6, 6.07) is 6.71. The summed E-state index contributed by atoms with van der Waals surface area (Å²) in [5, 5.41) is 15.4. The first kappa shape index (κ1) is 19.1. The zero-order chi connectivity index (χ0) is 16.9. The van der Waals surface area contributed by atoms with Crippen molar-refractivity contribution in [1.82, 2.24) is 15.5 Å². The van der Waals surface area contributed by atoms with Crippen molar-refractivity contribution in [2.45, 2.75) is 26.7 Å². The number of phenols is 1. The molecule has 0 heterocycles. The van der Waals surface area contributed by atoms with Crippen LogP contribution in [0.25, 0.3) is 0 Å². The van der Waals surface area contributed by atoms with E-state index in [1.54, 1.807) is 24.3 Å². The van der Waals surface area contributed by atoms with Gasteiger partial charge in [-0.15, -0.1) is 0 Å². The number of hydrogen-bond donors (Lipinski definition) is 3. The Morgan fingerprint density at radius 1 is 1.17 bits per heavy atom. The minimum atomic E-state index is 0.00631. The van der Waals surface area contributed by atoms with E-state index in [1.165, 1.54) is 0 Å². The van der Waals surface area contributed by atoms with Crippen LogP contribution in [0.5, 0.6) is 11.5 Å². The molecule has 23 heavy (non-hydrogen) atoms. The zero-order valence-corrected chi connectivity index (χ0v) is 14.2. The number of carbonyl (C=O) groups is 1. The molecule has 0 aliphatic rings. The van der Waals surface area contributed by atoms with Crippen LogP contribution in [0.4, 0.5) is 4.79 Å². The number of amides is 2. The van der Waals surface area contributed by atoms with Gasteiger partial charge in [-0.3, -0.25) is 0 Å². The highest BCUT2D eigenvalue weighted by Gasteiger charge is 2.08. The first-order chi connectivity index (χ1) is 11.2. The molecule has 1 aromatic rings. The van der Waals surface area contributed by atoms with E-state index in [1.807, 2.05) is 11.8 Å². The van der Waals surface area contributed by atoms with E-state index in [4.69, 9.17) is 9.84 Å². The minimum absolute atomic E-state index is 0.00631. The molecular weight excluding hydrogens is 294 g/mol. The summed E-state index contributed by atoms with van der Waals surface area (Å²) in [4.78, 5) is 13.6. The molecule has 2 amide bonds. The molecule has 0 spiro atoms. The fourth-order valence-electron chi connectivity index (χ4n) is 2.10. The molecule has 0 aliphatic carbocycles. The van der Waals surface area contributed by atoms with Gasteiger partial charge in [0.15, 0.2) is 0 Å². The molecular formula is C17H29N3O3. The first-order valence-corrected chi connectivity index (χ1v) is 8.32. The highest BCUT2D eigenvalue weighted by molar-refractivity contribution is 5.74. The Bertz CT molecular complexity index is 437. The smallest absolute Gasteiger partial charge is 0.317 e. The maximum absolute atomic E-state index is 11.8. The molecule has 0 fully saturated rings. The molecule has 0 bridgehead atoms. The van der Waals surface area contributed by atoms with Crippen LogP contribution in [0.3, 0.4) is 0 Å². The van der Waals surface area contributed by atoms with Crippen LogP contribution in [-0.2, 0) is 0 Å². The van der Waals surface area contributed by atoms with E-state index < -0.39 is 0 Å². The lowest BCUT2D eigenvalue weighted by Crippen LogP contribution is -2.42. The Labute approximate surface area is 138 Å². The number of nitrogens with one attached hydrogen (secondary N) is 2. The van der Waals surface area contributed by atoms with E-state index in [-0.39, 0.29) is 11.8 Å². The number of ether oxygens (including phenoxy) is 1. The standard InChI is InChI=1S/C17H29N3O3/c1-3-13-20(4-2)17(22)19-12-11-18-10-5-14-23-16-8-6-15(21)7-9-16/h6-9,18,21H,3-5,10-14H2,1-2H3,(H,19,22). The number of hydrogen-bond acceptors (Lipinski definition) is 4. The number of carbonyl (C=O) groups excluding carboxylic acids is 1. The summed E-state index contributed by atoms with van der Waals surface area (Å²) < 4.78 is 5.55. The molecule has 0 unspecified atom stereocenters. The Kier molecular flexibility index (Phi) is 9.63. The van der Waals surface area contributed by atoms with Crippen LogP contribution in [0.15, 0.2) is 24.3 Å². The quantitative estimate of drug-likeness (QED) is 0.546. The molecule has 1 aromatic carbocycles. The molecule has 6 heteroatoms. The van der Waals surface area contributed by atoms with Gasteiger partial charge in [0.1, 0.15) is 11.5 Å². The number of aromatic hydroxyl groups is 1. The third-order valence-corrected chi connectivity index (χ3v) is 3.34. The van der Waals surface area contributed by atoms with Gasteiger partial charge < -0.3 is 25.4 Å². The van der Waals surface area contributed by atoms with Gasteiger partial charge in [0, 0.05) is 26.2 Å². The summed E-state index contributed by atoms with van der Waals surface area (Å²) >= 11 is 0. The molecule has 3 N–H and O–H groups in total. The average Bonchev–Trinajstić information content (AvgIpc) is 2.56. The van der Waals surface area contributed by atoms with Crippen LogP contribution < -0.4 is 15.4 Å². The van der Waals surface area contributed by atoms with Crippen molar-refractivity contribution in [3.8, 4) is 11.5 Å². The summed E-state index contributed by atoms with van der Waals surface area (Å²) in [7, 11) is 0. The molecule has 0 aromatic heterocycles. The van der Waals surface area contributed by atoms with E-state index in [9.17, 15) is 4.79 Å². The second-order valence-corrected chi connectivity index (χ2v) is 5.26. The van der Waals surface area contributed by atoms with Crippen LogP contribution in [-0.4, -0.2) is 55.4 Å². The number of rotatable bonds is 11. The third-order valence-electron chi connectivity index (χ3n) is 3.34.